The topological polar surface area (TPSA) is 45.9 Å². The van der Waals surface area contributed by atoms with Crippen molar-refractivity contribution in [2.45, 2.75) is 13.8 Å². The van der Waals surface area contributed by atoms with Gasteiger partial charge in [0.05, 0.1) is 6.61 Å². The minimum absolute atomic E-state index is 0.486. The van der Waals surface area contributed by atoms with Gasteiger partial charge in [-0.1, -0.05) is 0 Å². The first-order chi connectivity index (χ1) is 6.27. The van der Waals surface area contributed by atoms with Crippen LogP contribution in [0.2, 0.25) is 0 Å². The zero-order valence-corrected chi connectivity index (χ0v) is 8.39. The zero-order chi connectivity index (χ0) is 9.68. The Morgan fingerprint density at radius 2 is 2.62 bits per heavy atom. The molecular weight excluding hydrogens is 184 g/mol. The molecule has 1 aromatic heterocycles. The van der Waals surface area contributed by atoms with Gasteiger partial charge in [-0.3, -0.25) is 0 Å². The highest BCUT2D eigenvalue weighted by atomic mass is 32.1. The molecule has 0 saturated carbocycles. The number of ether oxygens (including phenoxy) is 1. The van der Waals surface area contributed by atoms with E-state index in [4.69, 9.17) is 10.00 Å². The Bertz CT molecular complexity index is 349. The number of nitriles is 1. The maximum atomic E-state index is 8.78. The summed E-state index contributed by atoms with van der Waals surface area (Å²) in [6.45, 7) is 4.34. The third-order valence-electron chi connectivity index (χ3n) is 1.34. The molecule has 0 amide bonds. The fraction of sp³-hybridized carbons (Fsp3) is 0.333. The zero-order valence-electron chi connectivity index (χ0n) is 7.57. The summed E-state index contributed by atoms with van der Waals surface area (Å²) in [7, 11) is 0. The minimum atomic E-state index is 0.486. The van der Waals surface area contributed by atoms with Crippen molar-refractivity contribution < 1.29 is 4.74 Å². The fourth-order valence-electron chi connectivity index (χ4n) is 0.769. The van der Waals surface area contributed by atoms with E-state index in [2.05, 4.69) is 11.1 Å². The maximum absolute atomic E-state index is 8.78. The van der Waals surface area contributed by atoms with Crippen molar-refractivity contribution >= 4 is 16.9 Å². The lowest BCUT2D eigenvalue weighted by molar-refractivity contribution is 0.271. The van der Waals surface area contributed by atoms with Gasteiger partial charge in [0.15, 0.2) is 0 Å². The number of aromatic nitrogens is 1. The average Bonchev–Trinajstić information content (AvgIpc) is 2.54. The predicted octanol–water partition coefficient (Wildman–Crippen LogP) is 2.35. The van der Waals surface area contributed by atoms with E-state index in [0.717, 1.165) is 5.69 Å². The molecule has 0 aromatic carbocycles. The number of thiazole rings is 1. The number of allylic oxidation sites excluding steroid dienone is 1. The van der Waals surface area contributed by atoms with Gasteiger partial charge in [0.25, 0.3) is 0 Å². The second kappa shape index (κ2) is 4.63. The molecule has 13 heavy (non-hydrogen) atoms. The largest absolute Gasteiger partial charge is 0.500 e. The van der Waals surface area contributed by atoms with Crippen LogP contribution in [0.15, 0.2) is 11.6 Å². The molecule has 1 heterocycles. The lowest BCUT2D eigenvalue weighted by Gasteiger charge is -1.94. The van der Waals surface area contributed by atoms with E-state index in [0.29, 0.717) is 17.2 Å². The van der Waals surface area contributed by atoms with Crippen LogP contribution >= 0.6 is 11.3 Å². The first-order valence-electron chi connectivity index (χ1n) is 3.92. The van der Waals surface area contributed by atoms with Crippen LogP contribution in [0.25, 0.3) is 5.57 Å². The van der Waals surface area contributed by atoms with Gasteiger partial charge in [0.1, 0.15) is 22.9 Å². The Hall–Kier alpha value is -1.34. The first kappa shape index (κ1) is 9.75. The van der Waals surface area contributed by atoms with E-state index >= 15 is 0 Å². The molecule has 0 aliphatic carbocycles. The van der Waals surface area contributed by atoms with E-state index in [1.54, 1.807) is 0 Å². The third-order valence-corrected chi connectivity index (χ3v) is 2.33. The third kappa shape index (κ3) is 2.56. The second-order valence-corrected chi connectivity index (χ2v) is 3.25. The summed E-state index contributed by atoms with van der Waals surface area (Å²) in [4.78, 5) is 4.18. The monoisotopic (exact) mass is 194 g/mol. The summed E-state index contributed by atoms with van der Waals surface area (Å²) in [5.74, 6) is 0. The van der Waals surface area contributed by atoms with E-state index in [1.165, 1.54) is 17.6 Å². The van der Waals surface area contributed by atoms with Crippen molar-refractivity contribution in [1.29, 1.82) is 5.26 Å². The van der Waals surface area contributed by atoms with Crippen molar-refractivity contribution in [2.75, 3.05) is 6.61 Å². The quantitative estimate of drug-likeness (QED) is 0.548. The molecule has 4 heteroatoms. The van der Waals surface area contributed by atoms with Crippen molar-refractivity contribution in [2.24, 2.45) is 0 Å². The molecule has 0 N–H and O–H groups in total. The van der Waals surface area contributed by atoms with E-state index < -0.39 is 0 Å². The molecular formula is C9H10N2OS. The first-order valence-corrected chi connectivity index (χ1v) is 4.80. The summed E-state index contributed by atoms with van der Waals surface area (Å²) in [5, 5.41) is 11.4. The summed E-state index contributed by atoms with van der Waals surface area (Å²) >= 11 is 1.45. The number of nitrogens with zero attached hydrogens (tertiary/aromatic N) is 2. The number of aryl methyl sites for hydroxylation is 1. The highest BCUT2D eigenvalue weighted by Crippen LogP contribution is 2.18. The molecule has 0 fully saturated rings. The Balaban J connectivity index is 2.86. The van der Waals surface area contributed by atoms with Crippen LogP contribution in [-0.2, 0) is 4.74 Å². The Morgan fingerprint density at radius 3 is 3.08 bits per heavy atom. The van der Waals surface area contributed by atoms with Crippen molar-refractivity contribution in [1.82, 2.24) is 4.98 Å². The van der Waals surface area contributed by atoms with Crippen LogP contribution in [-0.4, -0.2) is 11.6 Å². The molecule has 3 nitrogen and oxygen atoms in total. The van der Waals surface area contributed by atoms with Crippen LogP contribution < -0.4 is 0 Å². The van der Waals surface area contributed by atoms with Gasteiger partial charge in [-0.2, -0.15) is 5.26 Å². The molecule has 68 valence electrons. The molecule has 0 bridgehead atoms. The molecule has 0 radical (unpaired) electrons. The Kier molecular flexibility index (Phi) is 3.47. The average molecular weight is 194 g/mol. The SMILES string of the molecule is CCO/C=C(/C#N)c1nc(C)cs1. The van der Waals surface area contributed by atoms with Gasteiger partial charge in [0.2, 0.25) is 0 Å². The normalized spacial score (nSPS) is 11.0. The molecule has 0 aliphatic heterocycles. The second-order valence-electron chi connectivity index (χ2n) is 2.39. The number of hydrogen-bond donors (Lipinski definition) is 0. The van der Waals surface area contributed by atoms with Crippen LogP contribution in [0, 0.1) is 18.3 Å². The van der Waals surface area contributed by atoms with Gasteiger partial charge in [-0.25, -0.2) is 4.98 Å². The minimum Gasteiger partial charge on any atom is -0.500 e. The van der Waals surface area contributed by atoms with Crippen molar-refractivity contribution in [3.8, 4) is 6.07 Å². The molecule has 0 saturated heterocycles. The van der Waals surface area contributed by atoms with Crippen LogP contribution in [0.4, 0.5) is 0 Å². The molecule has 1 rings (SSSR count). The Labute approximate surface area is 81.3 Å². The molecule has 0 atom stereocenters. The van der Waals surface area contributed by atoms with Gasteiger partial charge >= 0.3 is 0 Å². The Morgan fingerprint density at radius 1 is 1.85 bits per heavy atom. The van der Waals surface area contributed by atoms with Crippen LogP contribution in [0.1, 0.15) is 17.6 Å². The molecule has 0 spiro atoms. The summed E-state index contributed by atoms with van der Waals surface area (Å²) in [6.07, 6.45) is 1.46. The highest BCUT2D eigenvalue weighted by Gasteiger charge is 2.04. The highest BCUT2D eigenvalue weighted by molar-refractivity contribution is 7.10. The summed E-state index contributed by atoms with van der Waals surface area (Å²) in [5.41, 5.74) is 1.41. The predicted molar refractivity (Wildman–Crippen MR) is 52.1 cm³/mol. The summed E-state index contributed by atoms with van der Waals surface area (Å²) in [6, 6.07) is 2.05. The smallest absolute Gasteiger partial charge is 0.137 e. The van der Waals surface area contributed by atoms with Gasteiger partial charge in [-0.05, 0) is 13.8 Å². The van der Waals surface area contributed by atoms with Crippen molar-refractivity contribution in [3.63, 3.8) is 0 Å². The summed E-state index contributed by atoms with van der Waals surface area (Å²) < 4.78 is 5.03. The van der Waals surface area contributed by atoms with E-state index in [9.17, 15) is 0 Å². The van der Waals surface area contributed by atoms with Crippen LogP contribution in [0.5, 0.6) is 0 Å². The van der Waals surface area contributed by atoms with E-state index in [1.807, 2.05) is 19.2 Å². The van der Waals surface area contributed by atoms with Gasteiger partial charge in [-0.15, -0.1) is 11.3 Å². The lowest BCUT2D eigenvalue weighted by atomic mass is 10.3. The van der Waals surface area contributed by atoms with E-state index in [-0.39, 0.29) is 0 Å². The van der Waals surface area contributed by atoms with Gasteiger partial charge < -0.3 is 4.74 Å². The van der Waals surface area contributed by atoms with Crippen LogP contribution in [0.3, 0.4) is 0 Å². The number of rotatable bonds is 3. The molecule has 0 aliphatic rings. The lowest BCUT2D eigenvalue weighted by Crippen LogP contribution is -1.84. The molecule has 0 unspecified atom stereocenters. The maximum Gasteiger partial charge on any atom is 0.137 e. The van der Waals surface area contributed by atoms with Gasteiger partial charge in [0, 0.05) is 11.1 Å². The fourth-order valence-corrected chi connectivity index (χ4v) is 1.52. The number of hydrogen-bond acceptors (Lipinski definition) is 4. The standard InChI is InChI=1S/C9H10N2OS/c1-3-12-5-8(4-10)9-11-7(2)6-13-9/h5-6H,3H2,1-2H3/b8-5-. The molecule has 1 aromatic rings. The van der Waals surface area contributed by atoms with Crippen molar-refractivity contribution in [3.05, 3.63) is 22.3 Å².